The van der Waals surface area contributed by atoms with Gasteiger partial charge in [-0.25, -0.2) is 9.78 Å². The zero-order valence-corrected chi connectivity index (χ0v) is 12.7. The number of nitrogens with zero attached hydrogens (tertiary/aromatic N) is 2. The van der Waals surface area contributed by atoms with Crippen LogP contribution in [0.25, 0.3) is 0 Å². The fraction of sp³-hybridized carbons (Fsp3) is 0.583. The number of carbonyl (C=O) groups excluding carboxylic acids is 1. The molecule has 0 aromatic carbocycles. The highest BCUT2D eigenvalue weighted by Gasteiger charge is 2.44. The summed E-state index contributed by atoms with van der Waals surface area (Å²) in [6.45, 7) is 6.17. The molecule has 1 N–H and O–H groups in total. The second-order valence-corrected chi connectivity index (χ2v) is 6.24. The summed E-state index contributed by atoms with van der Waals surface area (Å²) in [6, 6.07) is 0. The predicted molar refractivity (Wildman–Crippen MR) is 71.6 cm³/mol. The smallest absolute Gasteiger partial charge is 0.408 e. The molecule has 1 amide bonds. The van der Waals surface area contributed by atoms with E-state index < -0.39 is 17.2 Å². The third kappa shape index (κ3) is 3.42. The van der Waals surface area contributed by atoms with E-state index in [2.05, 4.69) is 31.2 Å². The second-order valence-electron chi connectivity index (χ2n) is 5.43. The summed E-state index contributed by atoms with van der Waals surface area (Å²) in [4.78, 5) is 20.2. The fourth-order valence-electron chi connectivity index (χ4n) is 1.65. The predicted octanol–water partition coefficient (Wildman–Crippen LogP) is 1.99. The number of alkyl carbamates (subject to hydrolysis) is 1. The van der Waals surface area contributed by atoms with Gasteiger partial charge >= 0.3 is 6.09 Å². The van der Waals surface area contributed by atoms with E-state index in [1.807, 2.05) is 20.8 Å². The summed E-state index contributed by atoms with van der Waals surface area (Å²) in [7, 11) is 0. The maximum atomic E-state index is 11.9. The molecule has 7 heteroatoms. The van der Waals surface area contributed by atoms with E-state index in [1.54, 1.807) is 12.4 Å². The van der Waals surface area contributed by atoms with Gasteiger partial charge in [0.05, 0.1) is 31.3 Å². The minimum Gasteiger partial charge on any atom is -0.444 e. The monoisotopic (exact) mass is 329 g/mol. The molecular weight excluding hydrogens is 314 g/mol. The molecule has 19 heavy (non-hydrogen) atoms. The van der Waals surface area contributed by atoms with Gasteiger partial charge in [0.15, 0.2) is 0 Å². The standard InChI is InChI=1S/C12H16BrN3O3/c1-11(2,3)19-10(17)16-12(6-18-7-12)8-4-15-9(13)5-14-8/h4-5H,6-7H2,1-3H3,(H,16,17). The Morgan fingerprint density at radius 3 is 2.53 bits per heavy atom. The Hall–Kier alpha value is -1.21. The van der Waals surface area contributed by atoms with E-state index in [0.717, 1.165) is 0 Å². The zero-order chi connectivity index (χ0) is 14.1. The number of hydrogen-bond acceptors (Lipinski definition) is 5. The molecule has 1 aliphatic rings. The highest BCUT2D eigenvalue weighted by Crippen LogP contribution is 2.28. The second kappa shape index (κ2) is 5.05. The number of aromatic nitrogens is 2. The Balaban J connectivity index is 2.11. The zero-order valence-electron chi connectivity index (χ0n) is 11.1. The molecule has 0 unspecified atom stereocenters. The van der Waals surface area contributed by atoms with E-state index in [9.17, 15) is 4.79 Å². The number of halogens is 1. The van der Waals surface area contributed by atoms with Crippen molar-refractivity contribution in [3.8, 4) is 0 Å². The summed E-state index contributed by atoms with van der Waals surface area (Å²) in [5.74, 6) is 0. The highest BCUT2D eigenvalue weighted by molar-refractivity contribution is 9.10. The number of amides is 1. The minimum atomic E-state index is -0.643. The van der Waals surface area contributed by atoms with Gasteiger partial charge in [-0.05, 0) is 36.7 Å². The lowest BCUT2D eigenvalue weighted by atomic mass is 9.93. The minimum absolute atomic E-state index is 0.364. The molecule has 1 saturated heterocycles. The third-order valence-corrected chi connectivity index (χ3v) is 2.96. The van der Waals surface area contributed by atoms with Crippen molar-refractivity contribution in [3.63, 3.8) is 0 Å². The number of nitrogens with one attached hydrogen (secondary N) is 1. The van der Waals surface area contributed by atoms with Crippen molar-refractivity contribution >= 4 is 22.0 Å². The summed E-state index contributed by atoms with van der Waals surface area (Å²) in [6.07, 6.45) is 2.72. The Kier molecular flexibility index (Phi) is 3.78. The van der Waals surface area contributed by atoms with Crippen LogP contribution in [0.4, 0.5) is 4.79 Å². The maximum Gasteiger partial charge on any atom is 0.408 e. The first kappa shape index (κ1) is 14.2. The molecule has 2 rings (SSSR count). The molecule has 0 aliphatic carbocycles. The van der Waals surface area contributed by atoms with Crippen LogP contribution in [0.15, 0.2) is 17.0 Å². The van der Waals surface area contributed by atoms with Crippen LogP contribution < -0.4 is 5.32 Å². The molecule has 104 valence electrons. The van der Waals surface area contributed by atoms with Gasteiger partial charge in [0.25, 0.3) is 0 Å². The van der Waals surface area contributed by atoms with E-state index in [0.29, 0.717) is 23.5 Å². The average Bonchev–Trinajstić information content (AvgIpc) is 2.22. The average molecular weight is 330 g/mol. The van der Waals surface area contributed by atoms with Gasteiger partial charge < -0.3 is 14.8 Å². The molecule has 6 nitrogen and oxygen atoms in total. The summed E-state index contributed by atoms with van der Waals surface area (Å²) < 4.78 is 11.1. The van der Waals surface area contributed by atoms with Crippen LogP contribution in [0.2, 0.25) is 0 Å². The molecule has 1 fully saturated rings. The van der Waals surface area contributed by atoms with E-state index >= 15 is 0 Å². The summed E-state index contributed by atoms with van der Waals surface area (Å²) in [5.41, 5.74) is -0.523. The lowest BCUT2D eigenvalue weighted by Crippen LogP contribution is -2.60. The van der Waals surface area contributed by atoms with Crippen molar-refractivity contribution < 1.29 is 14.3 Å². The van der Waals surface area contributed by atoms with Crippen molar-refractivity contribution in [2.24, 2.45) is 0 Å². The van der Waals surface area contributed by atoms with Crippen LogP contribution in [0.1, 0.15) is 26.5 Å². The van der Waals surface area contributed by atoms with E-state index in [1.165, 1.54) is 0 Å². The van der Waals surface area contributed by atoms with Gasteiger partial charge in [-0.2, -0.15) is 0 Å². The number of rotatable bonds is 2. The van der Waals surface area contributed by atoms with Crippen molar-refractivity contribution in [2.75, 3.05) is 13.2 Å². The molecule has 0 spiro atoms. The van der Waals surface area contributed by atoms with Crippen molar-refractivity contribution in [1.29, 1.82) is 0 Å². The largest absolute Gasteiger partial charge is 0.444 e. The van der Waals surface area contributed by atoms with Gasteiger partial charge in [0.2, 0.25) is 0 Å². The molecule has 0 atom stereocenters. The van der Waals surface area contributed by atoms with Crippen LogP contribution >= 0.6 is 15.9 Å². The van der Waals surface area contributed by atoms with Crippen molar-refractivity contribution in [2.45, 2.75) is 31.9 Å². The molecule has 2 heterocycles. The first-order valence-corrected chi connectivity index (χ1v) is 6.67. The normalized spacial score (nSPS) is 17.5. The molecule has 1 aromatic heterocycles. The Bertz CT molecular complexity index is 466. The van der Waals surface area contributed by atoms with Gasteiger partial charge in [-0.15, -0.1) is 0 Å². The maximum absolute atomic E-state index is 11.9. The fourth-order valence-corrected chi connectivity index (χ4v) is 1.85. The number of hydrogen-bond donors (Lipinski definition) is 1. The van der Waals surface area contributed by atoms with Crippen LogP contribution in [0.5, 0.6) is 0 Å². The van der Waals surface area contributed by atoms with Gasteiger partial charge in [-0.3, -0.25) is 4.98 Å². The van der Waals surface area contributed by atoms with E-state index in [4.69, 9.17) is 9.47 Å². The molecule has 1 aromatic rings. The first-order chi connectivity index (χ1) is 8.81. The molecule has 0 radical (unpaired) electrons. The van der Waals surface area contributed by atoms with Crippen molar-refractivity contribution in [1.82, 2.24) is 15.3 Å². The Morgan fingerprint density at radius 2 is 2.11 bits per heavy atom. The third-order valence-electron chi connectivity index (χ3n) is 2.55. The molecule has 1 aliphatic heterocycles. The van der Waals surface area contributed by atoms with Gasteiger partial charge in [0.1, 0.15) is 15.7 Å². The summed E-state index contributed by atoms with van der Waals surface area (Å²) in [5, 5.41) is 2.82. The SMILES string of the molecule is CC(C)(C)OC(=O)NC1(c2cnc(Br)cn2)COC1. The number of ether oxygens (including phenoxy) is 2. The number of carbonyl (C=O) groups is 1. The lowest BCUT2D eigenvalue weighted by molar-refractivity contribution is -0.0819. The van der Waals surface area contributed by atoms with Gasteiger partial charge in [0, 0.05) is 0 Å². The Morgan fingerprint density at radius 1 is 1.42 bits per heavy atom. The quantitative estimate of drug-likeness (QED) is 0.898. The lowest BCUT2D eigenvalue weighted by Gasteiger charge is -2.41. The van der Waals surface area contributed by atoms with Crippen LogP contribution in [-0.2, 0) is 15.0 Å². The van der Waals surface area contributed by atoms with Crippen molar-refractivity contribution in [3.05, 3.63) is 22.7 Å². The highest BCUT2D eigenvalue weighted by atomic mass is 79.9. The first-order valence-electron chi connectivity index (χ1n) is 5.88. The van der Waals surface area contributed by atoms with Gasteiger partial charge in [-0.1, -0.05) is 0 Å². The molecule has 0 saturated carbocycles. The topological polar surface area (TPSA) is 73.3 Å². The molecular formula is C12H16BrN3O3. The van der Waals surface area contributed by atoms with Crippen LogP contribution in [-0.4, -0.2) is 34.9 Å². The van der Waals surface area contributed by atoms with Crippen LogP contribution in [0, 0.1) is 0 Å². The molecule has 0 bridgehead atoms. The Labute approximate surface area is 120 Å². The van der Waals surface area contributed by atoms with E-state index in [-0.39, 0.29) is 0 Å². The summed E-state index contributed by atoms with van der Waals surface area (Å²) >= 11 is 3.23. The van der Waals surface area contributed by atoms with Crippen LogP contribution in [0.3, 0.4) is 0 Å².